The molecule has 7 heteroatoms. The summed E-state index contributed by atoms with van der Waals surface area (Å²) in [5.74, 6) is -0.776. The van der Waals surface area contributed by atoms with Crippen LogP contribution < -0.4 is 14.8 Å². The van der Waals surface area contributed by atoms with Crippen LogP contribution >= 0.6 is 0 Å². The van der Waals surface area contributed by atoms with Crippen LogP contribution in [-0.4, -0.2) is 43.9 Å². The van der Waals surface area contributed by atoms with E-state index in [2.05, 4.69) is 5.32 Å². The van der Waals surface area contributed by atoms with E-state index in [-0.39, 0.29) is 29.0 Å². The zero-order valence-corrected chi connectivity index (χ0v) is 14.0. The molecule has 1 heterocycles. The van der Waals surface area contributed by atoms with Gasteiger partial charge in [0.2, 0.25) is 5.91 Å². The summed E-state index contributed by atoms with van der Waals surface area (Å²) in [5.41, 5.74) is 0.294. The number of nitrogens with one attached hydrogen (secondary N) is 1. The van der Waals surface area contributed by atoms with Crippen LogP contribution in [0.5, 0.6) is 11.5 Å². The van der Waals surface area contributed by atoms with Gasteiger partial charge in [-0.3, -0.25) is 4.79 Å². The Balaban J connectivity index is 2.07. The van der Waals surface area contributed by atoms with E-state index in [1.54, 1.807) is 0 Å². The first-order valence-corrected chi connectivity index (χ1v) is 7.96. The smallest absolute Gasteiger partial charge is 0.335 e. The minimum atomic E-state index is -1.11. The van der Waals surface area contributed by atoms with Gasteiger partial charge in [-0.15, -0.1) is 0 Å². The lowest BCUT2D eigenvalue weighted by atomic mass is 10.0. The molecule has 1 aliphatic heterocycles. The molecule has 24 heavy (non-hydrogen) atoms. The summed E-state index contributed by atoms with van der Waals surface area (Å²) < 4.78 is 16.0. The number of carbonyl (C=O) groups excluding carboxylic acids is 1. The van der Waals surface area contributed by atoms with E-state index < -0.39 is 5.97 Å². The molecule has 0 radical (unpaired) electrons. The Hall–Kier alpha value is -2.28. The topological polar surface area (TPSA) is 94.1 Å². The monoisotopic (exact) mass is 337 g/mol. The molecule has 2 rings (SSSR count). The molecule has 132 valence electrons. The van der Waals surface area contributed by atoms with Crippen molar-refractivity contribution in [1.29, 1.82) is 0 Å². The number of carbonyl (C=O) groups is 2. The Bertz CT molecular complexity index is 595. The summed E-state index contributed by atoms with van der Waals surface area (Å²) >= 11 is 0. The van der Waals surface area contributed by atoms with Gasteiger partial charge >= 0.3 is 5.97 Å². The second-order valence-electron chi connectivity index (χ2n) is 5.64. The van der Waals surface area contributed by atoms with Gasteiger partial charge in [0.15, 0.2) is 11.5 Å². The van der Waals surface area contributed by atoms with Crippen molar-refractivity contribution in [3.05, 3.63) is 17.7 Å². The number of carboxylic acids is 1. The van der Waals surface area contributed by atoms with Crippen molar-refractivity contribution in [2.75, 3.05) is 26.1 Å². The maximum Gasteiger partial charge on any atom is 0.335 e. The molecule has 1 amide bonds. The van der Waals surface area contributed by atoms with Gasteiger partial charge in [-0.2, -0.15) is 0 Å². The molecule has 0 bridgehead atoms. The Labute approximate surface area is 140 Å². The van der Waals surface area contributed by atoms with Gasteiger partial charge in [0, 0.05) is 13.0 Å². The molecule has 1 atom stereocenters. The Kier molecular flexibility index (Phi) is 6.43. The maximum atomic E-state index is 12.2. The summed E-state index contributed by atoms with van der Waals surface area (Å²) in [5, 5.41) is 11.9. The van der Waals surface area contributed by atoms with Gasteiger partial charge < -0.3 is 24.6 Å². The molecule has 1 aromatic rings. The third kappa shape index (κ3) is 4.61. The highest BCUT2D eigenvalue weighted by Crippen LogP contribution is 2.36. The molecule has 0 saturated carbocycles. The van der Waals surface area contributed by atoms with Crippen molar-refractivity contribution in [3.63, 3.8) is 0 Å². The molecule has 2 N–H and O–H groups in total. The van der Waals surface area contributed by atoms with Gasteiger partial charge in [0.05, 0.1) is 31.6 Å². The first-order valence-electron chi connectivity index (χ1n) is 7.96. The molecule has 7 nitrogen and oxygen atoms in total. The van der Waals surface area contributed by atoms with E-state index in [1.807, 2.05) is 0 Å². The van der Waals surface area contributed by atoms with Crippen molar-refractivity contribution in [1.82, 2.24) is 0 Å². The van der Waals surface area contributed by atoms with E-state index in [0.29, 0.717) is 18.6 Å². The van der Waals surface area contributed by atoms with Gasteiger partial charge in [-0.25, -0.2) is 4.79 Å². The van der Waals surface area contributed by atoms with Crippen LogP contribution in [0.2, 0.25) is 0 Å². The van der Waals surface area contributed by atoms with Crippen molar-refractivity contribution >= 4 is 17.6 Å². The van der Waals surface area contributed by atoms with Crippen molar-refractivity contribution in [3.8, 4) is 11.5 Å². The van der Waals surface area contributed by atoms with E-state index in [4.69, 9.17) is 14.2 Å². The molecule has 1 saturated heterocycles. The molecule has 1 aliphatic rings. The normalized spacial score (nSPS) is 17.2. The Morgan fingerprint density at radius 2 is 2.08 bits per heavy atom. The number of hydrogen-bond donors (Lipinski definition) is 2. The minimum Gasteiger partial charge on any atom is -0.493 e. The lowest BCUT2D eigenvalue weighted by Gasteiger charge is -2.22. The predicted octanol–water partition coefficient (Wildman–Crippen LogP) is 2.69. The molecule has 1 unspecified atom stereocenters. The minimum absolute atomic E-state index is 0.0126. The molecule has 1 aromatic carbocycles. The van der Waals surface area contributed by atoms with E-state index in [0.717, 1.165) is 25.9 Å². The summed E-state index contributed by atoms with van der Waals surface area (Å²) in [7, 11) is 2.85. The van der Waals surface area contributed by atoms with Crippen LogP contribution in [0, 0.1) is 0 Å². The van der Waals surface area contributed by atoms with Gasteiger partial charge in [-0.1, -0.05) is 0 Å². The SMILES string of the molecule is COc1cc(C(=O)O)cc(NC(=O)CCC2CCCCO2)c1OC. The van der Waals surface area contributed by atoms with Crippen LogP contribution in [0.3, 0.4) is 0 Å². The highest BCUT2D eigenvalue weighted by atomic mass is 16.5. The van der Waals surface area contributed by atoms with E-state index in [1.165, 1.54) is 26.4 Å². The highest BCUT2D eigenvalue weighted by Gasteiger charge is 2.19. The lowest BCUT2D eigenvalue weighted by Crippen LogP contribution is -2.22. The summed E-state index contributed by atoms with van der Waals surface area (Å²) in [6.45, 7) is 0.748. The number of rotatable bonds is 7. The summed E-state index contributed by atoms with van der Waals surface area (Å²) in [6.07, 6.45) is 4.22. The van der Waals surface area contributed by atoms with Crippen LogP contribution in [0.1, 0.15) is 42.5 Å². The number of benzene rings is 1. The fourth-order valence-corrected chi connectivity index (χ4v) is 2.72. The molecular weight excluding hydrogens is 314 g/mol. The third-order valence-electron chi connectivity index (χ3n) is 3.97. The zero-order chi connectivity index (χ0) is 17.5. The molecular formula is C17H23NO6. The van der Waals surface area contributed by atoms with Gasteiger partial charge in [-0.05, 0) is 37.8 Å². The fourth-order valence-electron chi connectivity index (χ4n) is 2.72. The second-order valence-corrected chi connectivity index (χ2v) is 5.64. The van der Waals surface area contributed by atoms with Gasteiger partial charge in [0.25, 0.3) is 0 Å². The maximum absolute atomic E-state index is 12.2. The van der Waals surface area contributed by atoms with E-state index >= 15 is 0 Å². The van der Waals surface area contributed by atoms with Crippen molar-refractivity contribution in [2.24, 2.45) is 0 Å². The zero-order valence-electron chi connectivity index (χ0n) is 14.0. The van der Waals surface area contributed by atoms with Crippen molar-refractivity contribution in [2.45, 2.75) is 38.2 Å². The van der Waals surface area contributed by atoms with Crippen LogP contribution in [-0.2, 0) is 9.53 Å². The summed E-state index contributed by atoms with van der Waals surface area (Å²) in [6, 6.07) is 2.71. The average molecular weight is 337 g/mol. The number of carboxylic acid groups (broad SMARTS) is 1. The van der Waals surface area contributed by atoms with Crippen LogP contribution in [0.4, 0.5) is 5.69 Å². The lowest BCUT2D eigenvalue weighted by molar-refractivity contribution is -0.117. The first-order chi connectivity index (χ1) is 11.5. The molecule has 1 fully saturated rings. The second kappa shape index (κ2) is 8.54. The molecule has 0 aliphatic carbocycles. The number of aromatic carboxylic acids is 1. The number of hydrogen-bond acceptors (Lipinski definition) is 5. The number of methoxy groups -OCH3 is 2. The molecule has 0 aromatic heterocycles. The highest BCUT2D eigenvalue weighted by molar-refractivity contribution is 5.96. The van der Waals surface area contributed by atoms with Crippen LogP contribution in [0.25, 0.3) is 0 Å². The number of anilines is 1. The van der Waals surface area contributed by atoms with E-state index in [9.17, 15) is 14.7 Å². The largest absolute Gasteiger partial charge is 0.493 e. The average Bonchev–Trinajstić information content (AvgIpc) is 2.60. The Morgan fingerprint density at radius 1 is 1.29 bits per heavy atom. The quantitative estimate of drug-likeness (QED) is 0.794. The summed E-state index contributed by atoms with van der Waals surface area (Å²) in [4.78, 5) is 23.4. The Morgan fingerprint density at radius 3 is 2.67 bits per heavy atom. The van der Waals surface area contributed by atoms with Crippen molar-refractivity contribution < 1.29 is 28.9 Å². The fraction of sp³-hybridized carbons (Fsp3) is 0.529. The predicted molar refractivity (Wildman–Crippen MR) is 88.0 cm³/mol. The van der Waals surface area contributed by atoms with Gasteiger partial charge in [0.1, 0.15) is 0 Å². The number of amides is 1. The first kappa shape index (κ1) is 18.1. The van der Waals surface area contributed by atoms with Crippen LogP contribution in [0.15, 0.2) is 12.1 Å². The standard InChI is InChI=1S/C17H23NO6/c1-22-14-10-11(17(20)21)9-13(16(14)23-2)18-15(19)7-6-12-5-3-4-8-24-12/h9-10,12H,3-8H2,1-2H3,(H,18,19)(H,20,21). The molecule has 0 spiro atoms. The third-order valence-corrected chi connectivity index (χ3v) is 3.97. The number of ether oxygens (including phenoxy) is 3.